The fourth-order valence-electron chi connectivity index (χ4n) is 4.06. The van der Waals surface area contributed by atoms with Crippen molar-refractivity contribution >= 4 is 20.1 Å². The van der Waals surface area contributed by atoms with E-state index in [-0.39, 0.29) is 25.2 Å². The van der Waals surface area contributed by atoms with Crippen molar-refractivity contribution in [1.29, 1.82) is 0 Å². The van der Waals surface area contributed by atoms with Crippen LogP contribution < -0.4 is 5.32 Å². The van der Waals surface area contributed by atoms with E-state index in [1.165, 1.54) is 11.1 Å². The molecule has 184 valence electrons. The van der Waals surface area contributed by atoms with Crippen LogP contribution in [0.1, 0.15) is 37.3 Å². The highest BCUT2D eigenvalue weighted by molar-refractivity contribution is 6.76. The number of benzene rings is 2. The van der Waals surface area contributed by atoms with Crippen LogP contribution in [0.4, 0.5) is 4.79 Å². The van der Waals surface area contributed by atoms with Gasteiger partial charge in [0.15, 0.2) is 6.79 Å². The number of amides is 1. The molecule has 34 heavy (non-hydrogen) atoms. The molecule has 1 aliphatic rings. The predicted molar refractivity (Wildman–Crippen MR) is 137 cm³/mol. The summed E-state index contributed by atoms with van der Waals surface area (Å²) in [4.78, 5) is 25.3. The minimum absolute atomic E-state index is 0.0353. The summed E-state index contributed by atoms with van der Waals surface area (Å²) in [5, 5.41) is 2.72. The van der Waals surface area contributed by atoms with E-state index in [1.54, 1.807) is 0 Å². The van der Waals surface area contributed by atoms with Crippen LogP contribution in [0.2, 0.25) is 25.7 Å². The largest absolute Gasteiger partial charge is 0.449 e. The number of esters is 1. The molecule has 3 rings (SSSR count). The first kappa shape index (κ1) is 26.0. The van der Waals surface area contributed by atoms with Gasteiger partial charge in [0.1, 0.15) is 12.6 Å². The van der Waals surface area contributed by atoms with Crippen molar-refractivity contribution in [3.05, 3.63) is 59.7 Å². The molecule has 0 saturated heterocycles. The van der Waals surface area contributed by atoms with Crippen molar-refractivity contribution in [2.24, 2.45) is 5.92 Å². The minimum Gasteiger partial charge on any atom is -0.449 e. The Labute approximate surface area is 204 Å². The molecule has 0 unspecified atom stereocenters. The zero-order valence-corrected chi connectivity index (χ0v) is 21.9. The fourth-order valence-corrected chi connectivity index (χ4v) is 4.82. The van der Waals surface area contributed by atoms with E-state index in [0.29, 0.717) is 13.0 Å². The smallest absolute Gasteiger partial charge is 0.407 e. The van der Waals surface area contributed by atoms with E-state index < -0.39 is 26.2 Å². The molecule has 2 atom stereocenters. The molecule has 0 aromatic heterocycles. The second-order valence-electron chi connectivity index (χ2n) is 10.1. The van der Waals surface area contributed by atoms with E-state index in [2.05, 4.69) is 49.2 Å². The maximum atomic E-state index is 12.7. The maximum absolute atomic E-state index is 12.7. The highest BCUT2D eigenvalue weighted by atomic mass is 28.3. The average Bonchev–Trinajstić information content (AvgIpc) is 3.13. The van der Waals surface area contributed by atoms with Gasteiger partial charge in [0.05, 0.1) is 0 Å². The van der Waals surface area contributed by atoms with Crippen LogP contribution in [-0.4, -0.2) is 46.2 Å². The highest BCUT2D eigenvalue weighted by Gasteiger charge is 2.31. The van der Waals surface area contributed by atoms with E-state index in [9.17, 15) is 9.59 Å². The lowest BCUT2D eigenvalue weighted by molar-refractivity contribution is -0.159. The van der Waals surface area contributed by atoms with Crippen LogP contribution in [0.15, 0.2) is 48.5 Å². The van der Waals surface area contributed by atoms with Crippen LogP contribution >= 0.6 is 0 Å². The number of carbonyl (C=O) groups is 2. The lowest BCUT2D eigenvalue weighted by Crippen LogP contribution is -2.46. The van der Waals surface area contributed by atoms with Gasteiger partial charge in [0, 0.05) is 20.6 Å². The third-order valence-corrected chi connectivity index (χ3v) is 8.07. The van der Waals surface area contributed by atoms with Gasteiger partial charge in [-0.15, -0.1) is 0 Å². The Bertz CT molecular complexity index is 941. The summed E-state index contributed by atoms with van der Waals surface area (Å²) in [5.41, 5.74) is 4.62. The predicted octanol–water partition coefficient (Wildman–Crippen LogP) is 5.80. The number of alkyl carbamates (subject to hydrolysis) is 1. The summed E-state index contributed by atoms with van der Waals surface area (Å²) in [6.45, 7) is 11.3. The first-order chi connectivity index (χ1) is 16.2. The Kier molecular flexibility index (Phi) is 8.91. The molecular formula is C27H37NO5Si. The zero-order chi connectivity index (χ0) is 24.7. The lowest BCUT2D eigenvalue weighted by Gasteiger charge is -2.23. The molecule has 2 aromatic rings. The van der Waals surface area contributed by atoms with Crippen LogP contribution in [0, 0.1) is 5.92 Å². The number of hydrogen-bond acceptors (Lipinski definition) is 5. The number of hydrogen-bond donors (Lipinski definition) is 1. The Morgan fingerprint density at radius 1 is 0.971 bits per heavy atom. The monoisotopic (exact) mass is 483 g/mol. The molecule has 1 aliphatic carbocycles. The third-order valence-electron chi connectivity index (χ3n) is 6.36. The van der Waals surface area contributed by atoms with Gasteiger partial charge >= 0.3 is 12.1 Å². The molecule has 0 saturated carbocycles. The van der Waals surface area contributed by atoms with E-state index in [1.807, 2.05) is 38.1 Å². The number of nitrogens with one attached hydrogen (secondary N) is 1. The lowest BCUT2D eigenvalue weighted by atomic mass is 9.98. The van der Waals surface area contributed by atoms with Gasteiger partial charge in [-0.3, -0.25) is 0 Å². The van der Waals surface area contributed by atoms with Gasteiger partial charge < -0.3 is 19.5 Å². The van der Waals surface area contributed by atoms with Crippen molar-refractivity contribution < 1.29 is 23.8 Å². The molecular weight excluding hydrogens is 446 g/mol. The van der Waals surface area contributed by atoms with E-state index >= 15 is 0 Å². The molecule has 0 spiro atoms. The van der Waals surface area contributed by atoms with Crippen LogP contribution in [0.25, 0.3) is 11.1 Å². The van der Waals surface area contributed by atoms with Crippen molar-refractivity contribution in [3.8, 4) is 11.1 Å². The number of ether oxygens (including phenoxy) is 3. The molecule has 1 amide bonds. The highest BCUT2D eigenvalue weighted by Crippen LogP contribution is 2.44. The van der Waals surface area contributed by atoms with Gasteiger partial charge in [-0.05, 0) is 34.2 Å². The molecule has 6 nitrogen and oxygen atoms in total. The molecule has 7 heteroatoms. The van der Waals surface area contributed by atoms with Gasteiger partial charge in [-0.2, -0.15) is 0 Å². The molecule has 0 radical (unpaired) electrons. The standard InChI is InChI=1S/C27H37NO5Si/c1-6-19(2)25(26(29)33-18-31-15-16-34(3,4)5)28-27(30)32-17-24-22-13-9-7-11-20(22)21-12-8-10-14-23(21)24/h7-14,19,24-25H,6,15-18H2,1-5H3,(H,28,30)/t19-,25-/m0/s1. The summed E-state index contributed by atoms with van der Waals surface area (Å²) in [6.07, 6.45) is 0.0867. The topological polar surface area (TPSA) is 73.9 Å². The SMILES string of the molecule is CC[C@H](C)[C@H](NC(=O)OCC1c2ccccc2-c2ccccc21)C(=O)OCOCC[Si](C)(C)C. The summed E-state index contributed by atoms with van der Waals surface area (Å²) >= 11 is 0. The molecule has 0 aliphatic heterocycles. The Morgan fingerprint density at radius 3 is 2.12 bits per heavy atom. The molecule has 0 bridgehead atoms. The zero-order valence-electron chi connectivity index (χ0n) is 20.9. The Morgan fingerprint density at radius 2 is 1.56 bits per heavy atom. The summed E-state index contributed by atoms with van der Waals surface area (Å²) in [7, 11) is -1.21. The van der Waals surface area contributed by atoms with Gasteiger partial charge in [-0.25, -0.2) is 9.59 Å². The second kappa shape index (κ2) is 11.7. The Hall–Kier alpha value is -2.64. The maximum Gasteiger partial charge on any atom is 0.407 e. The van der Waals surface area contributed by atoms with Crippen molar-refractivity contribution in [2.75, 3.05) is 20.0 Å². The molecule has 0 fully saturated rings. The molecule has 0 heterocycles. The fraction of sp³-hybridized carbons (Fsp3) is 0.481. The van der Waals surface area contributed by atoms with Gasteiger partial charge in [0.25, 0.3) is 0 Å². The van der Waals surface area contributed by atoms with Crippen LogP contribution in [0.3, 0.4) is 0 Å². The first-order valence-corrected chi connectivity index (χ1v) is 15.8. The summed E-state index contributed by atoms with van der Waals surface area (Å²) < 4.78 is 16.4. The molecule has 2 aromatic carbocycles. The average molecular weight is 484 g/mol. The van der Waals surface area contributed by atoms with E-state index in [0.717, 1.165) is 17.2 Å². The van der Waals surface area contributed by atoms with Crippen molar-refractivity contribution in [1.82, 2.24) is 5.32 Å². The minimum atomic E-state index is -1.21. The van der Waals surface area contributed by atoms with Gasteiger partial charge in [0.2, 0.25) is 0 Å². The third kappa shape index (κ3) is 6.70. The quantitative estimate of drug-likeness (QED) is 0.189. The number of rotatable bonds is 11. The van der Waals surface area contributed by atoms with Crippen molar-refractivity contribution in [3.63, 3.8) is 0 Å². The first-order valence-electron chi connectivity index (χ1n) is 12.1. The Balaban J connectivity index is 1.56. The van der Waals surface area contributed by atoms with Crippen molar-refractivity contribution in [2.45, 2.75) is 57.9 Å². The van der Waals surface area contributed by atoms with Crippen LogP contribution in [0.5, 0.6) is 0 Å². The van der Waals surface area contributed by atoms with Crippen LogP contribution in [-0.2, 0) is 19.0 Å². The number of fused-ring (bicyclic) bond motifs is 3. The normalized spacial score (nSPS) is 14.6. The summed E-state index contributed by atoms with van der Waals surface area (Å²) in [5.74, 6) is -0.641. The van der Waals surface area contributed by atoms with Gasteiger partial charge in [-0.1, -0.05) is 88.4 Å². The second-order valence-corrected chi connectivity index (χ2v) is 15.8. The number of carbonyl (C=O) groups excluding carboxylic acids is 2. The van der Waals surface area contributed by atoms with E-state index in [4.69, 9.17) is 14.2 Å². The summed E-state index contributed by atoms with van der Waals surface area (Å²) in [6, 6.07) is 16.6. The molecule has 1 N–H and O–H groups in total.